The Morgan fingerprint density at radius 1 is 1.12 bits per heavy atom. The van der Waals surface area contributed by atoms with Gasteiger partial charge in [0.25, 0.3) is 5.91 Å². The molecule has 0 fully saturated rings. The summed E-state index contributed by atoms with van der Waals surface area (Å²) in [7, 11) is 0. The fraction of sp³-hybridized carbons (Fsp3) is 0.250. The second-order valence-corrected chi connectivity index (χ2v) is 6.24. The van der Waals surface area contributed by atoms with Crippen LogP contribution in [0.3, 0.4) is 0 Å². The van der Waals surface area contributed by atoms with E-state index in [4.69, 9.17) is 5.73 Å². The minimum Gasteiger partial charge on any atom is -0.368 e. The highest BCUT2D eigenvalue weighted by Crippen LogP contribution is 2.17. The van der Waals surface area contributed by atoms with Crippen molar-refractivity contribution >= 4 is 22.8 Å². The summed E-state index contributed by atoms with van der Waals surface area (Å²) in [6.45, 7) is 2.56. The number of carbonyl (C=O) groups is 2. The van der Waals surface area contributed by atoms with Gasteiger partial charge in [0.1, 0.15) is 12.4 Å². The molecule has 0 aliphatic rings. The van der Waals surface area contributed by atoms with Crippen LogP contribution in [0.15, 0.2) is 48.5 Å². The first-order valence-electron chi connectivity index (χ1n) is 8.62. The lowest BCUT2D eigenvalue weighted by Gasteiger charge is -2.09. The van der Waals surface area contributed by atoms with Crippen molar-refractivity contribution in [2.45, 2.75) is 26.3 Å². The summed E-state index contributed by atoms with van der Waals surface area (Å²) >= 11 is 0. The maximum Gasteiger partial charge on any atom is 0.251 e. The average Bonchev–Trinajstić information content (AvgIpc) is 2.96. The molecule has 0 bridgehead atoms. The number of hydrogen-bond acceptors (Lipinski definition) is 3. The van der Waals surface area contributed by atoms with Crippen molar-refractivity contribution in [3.63, 3.8) is 0 Å². The lowest BCUT2D eigenvalue weighted by atomic mass is 10.1. The standard InChI is InChI=1S/C20H22N4O2/c1-14-7-2-3-8-15(14)20(26)22-12-6-11-19-23-16-9-4-5-10-17(16)24(19)13-18(21)25/h2-5,7-10H,6,11-13H2,1H3,(H2,21,25)(H,22,26). The van der Waals surface area contributed by atoms with Gasteiger partial charge in [0.05, 0.1) is 11.0 Å². The van der Waals surface area contributed by atoms with Crippen LogP contribution < -0.4 is 11.1 Å². The number of nitrogens with zero attached hydrogens (tertiary/aromatic N) is 2. The van der Waals surface area contributed by atoms with Gasteiger partial charge in [-0.2, -0.15) is 0 Å². The molecule has 3 aromatic rings. The predicted octanol–water partition coefficient (Wildman–Crippen LogP) is 2.19. The Hall–Kier alpha value is -3.15. The lowest BCUT2D eigenvalue weighted by molar-refractivity contribution is -0.118. The van der Waals surface area contributed by atoms with Gasteiger partial charge >= 0.3 is 0 Å². The third-order valence-electron chi connectivity index (χ3n) is 4.30. The molecule has 0 radical (unpaired) electrons. The zero-order valence-electron chi connectivity index (χ0n) is 14.7. The second kappa shape index (κ2) is 7.82. The van der Waals surface area contributed by atoms with Crippen LogP contribution in [0.5, 0.6) is 0 Å². The van der Waals surface area contributed by atoms with E-state index in [0.29, 0.717) is 18.5 Å². The highest BCUT2D eigenvalue weighted by Gasteiger charge is 2.12. The SMILES string of the molecule is Cc1ccccc1C(=O)NCCCc1nc2ccccc2n1CC(N)=O. The molecule has 2 aromatic carbocycles. The summed E-state index contributed by atoms with van der Waals surface area (Å²) in [6.07, 6.45) is 1.37. The largest absolute Gasteiger partial charge is 0.368 e. The Kier molecular flexibility index (Phi) is 5.31. The van der Waals surface area contributed by atoms with E-state index < -0.39 is 5.91 Å². The van der Waals surface area contributed by atoms with E-state index in [-0.39, 0.29) is 12.5 Å². The van der Waals surface area contributed by atoms with Crippen molar-refractivity contribution in [2.75, 3.05) is 6.54 Å². The van der Waals surface area contributed by atoms with Gasteiger partial charge in [0, 0.05) is 18.5 Å². The van der Waals surface area contributed by atoms with Gasteiger partial charge in [-0.3, -0.25) is 9.59 Å². The normalized spacial score (nSPS) is 10.8. The first kappa shape index (κ1) is 17.7. The molecule has 1 aromatic heterocycles. The summed E-state index contributed by atoms with van der Waals surface area (Å²) in [5, 5.41) is 2.94. The number of nitrogens with two attached hydrogens (primary N) is 1. The Labute approximate surface area is 152 Å². The molecule has 3 rings (SSSR count). The van der Waals surface area contributed by atoms with E-state index in [0.717, 1.165) is 28.8 Å². The highest BCUT2D eigenvalue weighted by molar-refractivity contribution is 5.95. The first-order chi connectivity index (χ1) is 12.6. The third-order valence-corrected chi connectivity index (χ3v) is 4.30. The zero-order chi connectivity index (χ0) is 18.5. The Bertz CT molecular complexity index is 946. The van der Waals surface area contributed by atoms with Crippen LogP contribution in [0.4, 0.5) is 0 Å². The van der Waals surface area contributed by atoms with Gasteiger partial charge in [-0.1, -0.05) is 30.3 Å². The molecule has 0 aliphatic heterocycles. The van der Waals surface area contributed by atoms with Gasteiger partial charge in [-0.25, -0.2) is 4.98 Å². The van der Waals surface area contributed by atoms with E-state index in [1.165, 1.54) is 0 Å². The first-order valence-corrected chi connectivity index (χ1v) is 8.62. The maximum absolute atomic E-state index is 12.2. The zero-order valence-corrected chi connectivity index (χ0v) is 14.7. The number of hydrogen-bond donors (Lipinski definition) is 2. The van der Waals surface area contributed by atoms with Gasteiger partial charge < -0.3 is 15.6 Å². The number of nitrogens with one attached hydrogen (secondary N) is 1. The van der Waals surface area contributed by atoms with Gasteiger partial charge in [0.2, 0.25) is 5.91 Å². The average molecular weight is 350 g/mol. The number of aromatic nitrogens is 2. The van der Waals surface area contributed by atoms with Crippen molar-refractivity contribution in [1.29, 1.82) is 0 Å². The molecule has 0 atom stereocenters. The molecule has 0 spiro atoms. The number of amides is 2. The fourth-order valence-corrected chi connectivity index (χ4v) is 3.02. The molecule has 0 unspecified atom stereocenters. The molecular formula is C20H22N4O2. The molecular weight excluding hydrogens is 328 g/mol. The number of fused-ring (bicyclic) bond motifs is 1. The van der Waals surface area contributed by atoms with E-state index in [2.05, 4.69) is 10.3 Å². The number of carbonyl (C=O) groups excluding carboxylic acids is 2. The van der Waals surface area contributed by atoms with Gasteiger partial charge in [-0.05, 0) is 37.1 Å². The van der Waals surface area contributed by atoms with Crippen LogP contribution >= 0.6 is 0 Å². The summed E-state index contributed by atoms with van der Waals surface area (Å²) in [5.41, 5.74) is 8.75. The maximum atomic E-state index is 12.2. The Balaban J connectivity index is 1.64. The summed E-state index contributed by atoms with van der Waals surface area (Å²) in [6, 6.07) is 15.2. The van der Waals surface area contributed by atoms with Crippen molar-refractivity contribution in [2.24, 2.45) is 5.73 Å². The molecule has 0 saturated carbocycles. The van der Waals surface area contributed by atoms with E-state index in [1.807, 2.05) is 60.0 Å². The number of rotatable bonds is 7. The summed E-state index contributed by atoms with van der Waals surface area (Å²) < 4.78 is 1.85. The molecule has 6 heteroatoms. The molecule has 2 amide bonds. The lowest BCUT2D eigenvalue weighted by Crippen LogP contribution is -2.26. The Morgan fingerprint density at radius 2 is 1.85 bits per heavy atom. The van der Waals surface area contributed by atoms with Crippen molar-refractivity contribution in [3.8, 4) is 0 Å². The topological polar surface area (TPSA) is 90.0 Å². The number of para-hydroxylation sites is 2. The quantitative estimate of drug-likeness (QED) is 0.640. The summed E-state index contributed by atoms with van der Waals surface area (Å²) in [5.74, 6) is 0.325. The highest BCUT2D eigenvalue weighted by atomic mass is 16.2. The second-order valence-electron chi connectivity index (χ2n) is 6.24. The van der Waals surface area contributed by atoms with Gasteiger partial charge in [0.15, 0.2) is 0 Å². The van der Waals surface area contributed by atoms with Crippen molar-refractivity contribution < 1.29 is 9.59 Å². The molecule has 26 heavy (non-hydrogen) atoms. The molecule has 3 N–H and O–H groups in total. The van der Waals surface area contributed by atoms with Crippen LogP contribution in [-0.4, -0.2) is 27.9 Å². The van der Waals surface area contributed by atoms with Crippen LogP contribution in [0.25, 0.3) is 11.0 Å². The fourth-order valence-electron chi connectivity index (χ4n) is 3.02. The van der Waals surface area contributed by atoms with Gasteiger partial charge in [-0.15, -0.1) is 0 Å². The van der Waals surface area contributed by atoms with E-state index in [9.17, 15) is 9.59 Å². The molecule has 6 nitrogen and oxygen atoms in total. The molecule has 1 heterocycles. The van der Waals surface area contributed by atoms with Crippen LogP contribution in [0, 0.1) is 6.92 Å². The van der Waals surface area contributed by atoms with Crippen LogP contribution in [-0.2, 0) is 17.8 Å². The summed E-state index contributed by atoms with van der Waals surface area (Å²) in [4.78, 5) is 28.2. The van der Waals surface area contributed by atoms with Crippen LogP contribution in [0.2, 0.25) is 0 Å². The Morgan fingerprint density at radius 3 is 2.62 bits per heavy atom. The smallest absolute Gasteiger partial charge is 0.251 e. The van der Waals surface area contributed by atoms with E-state index in [1.54, 1.807) is 0 Å². The monoisotopic (exact) mass is 350 g/mol. The number of aryl methyl sites for hydroxylation is 2. The minimum absolute atomic E-state index is 0.0752. The van der Waals surface area contributed by atoms with Crippen LogP contribution in [0.1, 0.15) is 28.2 Å². The number of benzene rings is 2. The van der Waals surface area contributed by atoms with Crippen molar-refractivity contribution in [1.82, 2.24) is 14.9 Å². The minimum atomic E-state index is -0.401. The van der Waals surface area contributed by atoms with E-state index >= 15 is 0 Å². The molecule has 0 saturated heterocycles. The molecule has 134 valence electrons. The molecule has 0 aliphatic carbocycles. The predicted molar refractivity (Wildman–Crippen MR) is 101 cm³/mol. The number of imidazole rings is 1. The third kappa shape index (κ3) is 3.91. The van der Waals surface area contributed by atoms with Crippen molar-refractivity contribution in [3.05, 3.63) is 65.5 Å². The number of primary amides is 1.